The minimum absolute atomic E-state index is 0.0182. The molecular formula is C8H9BrF4N4. The molecule has 0 fully saturated rings. The molecule has 0 aliphatic rings. The predicted octanol–water partition coefficient (Wildman–Crippen LogP) is 2.59. The molecule has 17 heavy (non-hydrogen) atoms. The third-order valence-electron chi connectivity index (χ3n) is 1.84. The Bertz CT molecular complexity index is 388. The van der Waals surface area contributed by atoms with Crippen molar-refractivity contribution in [2.45, 2.75) is 12.3 Å². The average Bonchev–Trinajstić information content (AvgIpc) is 2.27. The first kappa shape index (κ1) is 13.9. The van der Waals surface area contributed by atoms with Gasteiger partial charge in [-0.05, 0) is 15.9 Å². The first-order valence-electron chi connectivity index (χ1n) is 4.46. The molecule has 0 atom stereocenters. The zero-order chi connectivity index (χ0) is 13.1. The SMILES string of the molecule is CNc1ncnc(NCC(F)(F)C(F)F)c1Br. The van der Waals surface area contributed by atoms with Crippen molar-refractivity contribution in [3.63, 3.8) is 0 Å². The van der Waals surface area contributed by atoms with Crippen molar-refractivity contribution in [3.8, 4) is 0 Å². The van der Waals surface area contributed by atoms with Gasteiger partial charge in [-0.15, -0.1) is 0 Å². The van der Waals surface area contributed by atoms with E-state index in [9.17, 15) is 17.6 Å². The second-order valence-corrected chi connectivity index (χ2v) is 3.84. The fraction of sp³-hybridized carbons (Fsp3) is 0.500. The summed E-state index contributed by atoms with van der Waals surface area (Å²) >= 11 is 3.06. The van der Waals surface area contributed by atoms with Crippen LogP contribution in [0, 0.1) is 0 Å². The second-order valence-electron chi connectivity index (χ2n) is 3.05. The molecule has 9 heteroatoms. The largest absolute Gasteiger partial charge is 0.372 e. The number of rotatable bonds is 5. The lowest BCUT2D eigenvalue weighted by atomic mass is 10.3. The minimum atomic E-state index is -4.11. The van der Waals surface area contributed by atoms with Crippen LogP contribution in [0.15, 0.2) is 10.8 Å². The van der Waals surface area contributed by atoms with Gasteiger partial charge >= 0.3 is 12.3 Å². The van der Waals surface area contributed by atoms with Crippen LogP contribution in [0.2, 0.25) is 0 Å². The van der Waals surface area contributed by atoms with Crippen molar-refractivity contribution in [2.24, 2.45) is 0 Å². The van der Waals surface area contributed by atoms with E-state index in [0.717, 1.165) is 6.33 Å². The standard InChI is InChI=1S/C8H9BrF4N4/c1-14-5-4(9)6(17-3-16-5)15-2-8(12,13)7(10)11/h3,7H,2H2,1H3,(H2,14,15,16,17). The van der Waals surface area contributed by atoms with Gasteiger partial charge in [0.05, 0.1) is 6.54 Å². The number of aromatic nitrogens is 2. The molecule has 0 unspecified atom stereocenters. The molecule has 1 heterocycles. The molecule has 96 valence electrons. The monoisotopic (exact) mass is 316 g/mol. The summed E-state index contributed by atoms with van der Waals surface area (Å²) in [6, 6.07) is 0. The molecule has 2 N–H and O–H groups in total. The highest BCUT2D eigenvalue weighted by Crippen LogP contribution is 2.28. The third kappa shape index (κ3) is 3.42. The van der Waals surface area contributed by atoms with Crippen LogP contribution in [0.3, 0.4) is 0 Å². The summed E-state index contributed by atoms with van der Waals surface area (Å²) in [6.45, 7) is -1.20. The van der Waals surface area contributed by atoms with Gasteiger partial charge in [0, 0.05) is 7.05 Å². The van der Waals surface area contributed by atoms with Gasteiger partial charge in [0.1, 0.15) is 22.4 Å². The van der Waals surface area contributed by atoms with Gasteiger partial charge in [-0.1, -0.05) is 0 Å². The van der Waals surface area contributed by atoms with E-state index in [4.69, 9.17) is 0 Å². The maximum Gasteiger partial charge on any atom is 0.324 e. The molecule has 0 aliphatic carbocycles. The van der Waals surface area contributed by atoms with Gasteiger partial charge in [0.15, 0.2) is 0 Å². The van der Waals surface area contributed by atoms with Crippen molar-refractivity contribution in [3.05, 3.63) is 10.8 Å². The first-order chi connectivity index (χ1) is 7.88. The van der Waals surface area contributed by atoms with Crippen LogP contribution in [0.5, 0.6) is 0 Å². The number of hydrogen-bond donors (Lipinski definition) is 2. The molecule has 1 aromatic heterocycles. The van der Waals surface area contributed by atoms with Gasteiger partial charge < -0.3 is 10.6 Å². The van der Waals surface area contributed by atoms with Gasteiger partial charge in [-0.25, -0.2) is 18.7 Å². The van der Waals surface area contributed by atoms with Crippen LogP contribution in [0.25, 0.3) is 0 Å². The van der Waals surface area contributed by atoms with E-state index in [1.807, 2.05) is 0 Å². The molecule has 0 amide bonds. The van der Waals surface area contributed by atoms with Crippen LogP contribution >= 0.6 is 15.9 Å². The molecule has 4 nitrogen and oxygen atoms in total. The number of nitrogens with zero attached hydrogens (tertiary/aromatic N) is 2. The van der Waals surface area contributed by atoms with E-state index in [0.29, 0.717) is 10.3 Å². The van der Waals surface area contributed by atoms with Crippen molar-refractivity contribution in [2.75, 3.05) is 24.2 Å². The summed E-state index contributed by atoms with van der Waals surface area (Å²) in [4.78, 5) is 7.45. The zero-order valence-electron chi connectivity index (χ0n) is 8.65. The molecule has 0 aromatic carbocycles. The normalized spacial score (nSPS) is 11.7. The maximum absolute atomic E-state index is 12.7. The highest BCUT2D eigenvalue weighted by molar-refractivity contribution is 9.10. The Morgan fingerprint density at radius 3 is 2.47 bits per heavy atom. The highest BCUT2D eigenvalue weighted by Gasteiger charge is 2.40. The van der Waals surface area contributed by atoms with Crippen LogP contribution in [-0.4, -0.2) is 35.9 Å². The Labute approximate surface area is 103 Å². The molecule has 0 saturated carbocycles. The van der Waals surface area contributed by atoms with E-state index in [-0.39, 0.29) is 5.82 Å². The molecule has 0 saturated heterocycles. The molecule has 0 bridgehead atoms. The third-order valence-corrected chi connectivity index (χ3v) is 2.59. The molecular weight excluding hydrogens is 308 g/mol. The maximum atomic E-state index is 12.7. The van der Waals surface area contributed by atoms with Crippen molar-refractivity contribution in [1.29, 1.82) is 0 Å². The molecule has 1 rings (SSSR count). The molecule has 0 radical (unpaired) electrons. The summed E-state index contributed by atoms with van der Waals surface area (Å²) in [5.41, 5.74) is 0. The quantitative estimate of drug-likeness (QED) is 0.820. The van der Waals surface area contributed by atoms with Crippen molar-refractivity contribution < 1.29 is 17.6 Å². The predicted molar refractivity (Wildman–Crippen MR) is 58.7 cm³/mol. The van der Waals surface area contributed by atoms with Crippen LogP contribution in [-0.2, 0) is 0 Å². The Morgan fingerprint density at radius 2 is 1.94 bits per heavy atom. The van der Waals surface area contributed by atoms with Crippen LogP contribution in [0.1, 0.15) is 0 Å². The van der Waals surface area contributed by atoms with Crippen molar-refractivity contribution >= 4 is 27.6 Å². The summed E-state index contributed by atoms with van der Waals surface area (Å²) in [5.74, 6) is -3.72. The highest BCUT2D eigenvalue weighted by atomic mass is 79.9. The summed E-state index contributed by atoms with van der Waals surface area (Å²) < 4.78 is 49.4. The lowest BCUT2D eigenvalue weighted by molar-refractivity contribution is -0.117. The van der Waals surface area contributed by atoms with Crippen LogP contribution < -0.4 is 10.6 Å². The van der Waals surface area contributed by atoms with Gasteiger partial charge in [0.25, 0.3) is 0 Å². The summed E-state index contributed by atoms with van der Waals surface area (Å²) in [6.07, 6.45) is -2.60. The Balaban J connectivity index is 2.76. The number of nitrogens with one attached hydrogen (secondary N) is 2. The fourth-order valence-electron chi connectivity index (χ4n) is 0.946. The number of anilines is 2. The Hall–Kier alpha value is -1.12. The lowest BCUT2D eigenvalue weighted by Crippen LogP contribution is -2.35. The smallest absolute Gasteiger partial charge is 0.324 e. The topological polar surface area (TPSA) is 49.8 Å². The lowest BCUT2D eigenvalue weighted by Gasteiger charge is -2.17. The zero-order valence-corrected chi connectivity index (χ0v) is 10.2. The van der Waals surface area contributed by atoms with E-state index in [1.54, 1.807) is 7.05 Å². The van der Waals surface area contributed by atoms with E-state index < -0.39 is 18.9 Å². The van der Waals surface area contributed by atoms with Gasteiger partial charge in [-0.2, -0.15) is 8.78 Å². The molecule has 0 spiro atoms. The molecule has 1 aromatic rings. The van der Waals surface area contributed by atoms with Crippen molar-refractivity contribution in [1.82, 2.24) is 9.97 Å². The summed E-state index contributed by atoms with van der Waals surface area (Å²) in [5, 5.41) is 4.82. The first-order valence-corrected chi connectivity index (χ1v) is 5.26. The molecule has 0 aliphatic heterocycles. The van der Waals surface area contributed by atoms with E-state index in [1.165, 1.54) is 0 Å². The van der Waals surface area contributed by atoms with Gasteiger partial charge in [0.2, 0.25) is 0 Å². The number of halogens is 5. The van der Waals surface area contributed by atoms with Crippen LogP contribution in [0.4, 0.5) is 29.2 Å². The number of alkyl halides is 4. The van der Waals surface area contributed by atoms with E-state index >= 15 is 0 Å². The summed E-state index contributed by atoms with van der Waals surface area (Å²) in [7, 11) is 1.57. The minimum Gasteiger partial charge on any atom is -0.372 e. The van der Waals surface area contributed by atoms with Gasteiger partial charge in [-0.3, -0.25) is 0 Å². The fourth-order valence-corrected chi connectivity index (χ4v) is 1.49. The Morgan fingerprint density at radius 1 is 1.35 bits per heavy atom. The number of hydrogen-bond acceptors (Lipinski definition) is 4. The Kier molecular flexibility index (Phi) is 4.49. The van der Waals surface area contributed by atoms with E-state index in [2.05, 4.69) is 36.5 Å². The second kappa shape index (κ2) is 5.48. The average molecular weight is 317 g/mol.